The lowest BCUT2D eigenvalue weighted by Gasteiger charge is -2.08. The second-order valence-corrected chi connectivity index (χ2v) is 2.81. The van der Waals surface area contributed by atoms with E-state index in [1.807, 2.05) is 0 Å². The van der Waals surface area contributed by atoms with Crippen LogP contribution in [0.25, 0.3) is 11.2 Å². The molecule has 0 fully saturated rings. The maximum Gasteiger partial charge on any atom is 0.422 e. The molecule has 0 aliphatic heterocycles. The monoisotopic (exact) mass is 217 g/mol. The Bertz CT molecular complexity index is 465. The number of rotatable bonds is 2. The number of imidazole rings is 1. The molecule has 80 valence electrons. The van der Waals surface area contributed by atoms with Crippen LogP contribution in [0.1, 0.15) is 0 Å². The van der Waals surface area contributed by atoms with Gasteiger partial charge in [0.1, 0.15) is 11.3 Å². The molecule has 4 nitrogen and oxygen atoms in total. The van der Waals surface area contributed by atoms with E-state index in [9.17, 15) is 13.2 Å². The summed E-state index contributed by atoms with van der Waals surface area (Å²) in [5.74, 6) is 0.0924. The van der Waals surface area contributed by atoms with Crippen LogP contribution in [0.5, 0.6) is 5.75 Å². The van der Waals surface area contributed by atoms with Crippen molar-refractivity contribution in [3.8, 4) is 5.75 Å². The van der Waals surface area contributed by atoms with Gasteiger partial charge in [-0.1, -0.05) is 0 Å². The molecule has 2 aromatic heterocycles. The molecule has 2 aromatic rings. The number of hydrogen-bond acceptors (Lipinski definition) is 3. The van der Waals surface area contributed by atoms with Crippen LogP contribution in [0.3, 0.4) is 0 Å². The van der Waals surface area contributed by atoms with Crippen LogP contribution in [0.4, 0.5) is 13.2 Å². The lowest BCUT2D eigenvalue weighted by atomic mass is 10.4. The summed E-state index contributed by atoms with van der Waals surface area (Å²) < 4.78 is 40.3. The van der Waals surface area contributed by atoms with Crippen molar-refractivity contribution < 1.29 is 17.9 Å². The zero-order valence-electron chi connectivity index (χ0n) is 7.38. The first-order valence-electron chi connectivity index (χ1n) is 4.04. The van der Waals surface area contributed by atoms with Gasteiger partial charge in [0, 0.05) is 12.3 Å². The number of aromatic nitrogens is 3. The number of nitrogens with one attached hydrogen (secondary N) is 1. The van der Waals surface area contributed by atoms with Gasteiger partial charge in [-0.05, 0) is 0 Å². The molecular formula is C8H6F3N3O. The molecule has 0 bridgehead atoms. The molecule has 0 radical (unpaired) electrons. The van der Waals surface area contributed by atoms with Gasteiger partial charge in [-0.3, -0.25) is 0 Å². The highest BCUT2D eigenvalue weighted by atomic mass is 19.4. The van der Waals surface area contributed by atoms with Crippen LogP contribution in [-0.2, 0) is 0 Å². The topological polar surface area (TPSA) is 50.8 Å². The molecule has 7 heteroatoms. The standard InChI is InChI=1S/C8H6F3N3O/c9-8(10,11)3-15-5-1-2-12-7-6(5)13-4-14-7/h1-2,4H,3H2,(H,12,13,14). The summed E-state index contributed by atoms with van der Waals surface area (Å²) in [4.78, 5) is 10.3. The number of alkyl halides is 3. The van der Waals surface area contributed by atoms with Gasteiger partial charge in [-0.25, -0.2) is 9.97 Å². The van der Waals surface area contributed by atoms with E-state index in [2.05, 4.69) is 19.7 Å². The second kappa shape index (κ2) is 3.41. The van der Waals surface area contributed by atoms with Crippen LogP contribution in [0.15, 0.2) is 18.6 Å². The third-order valence-electron chi connectivity index (χ3n) is 1.68. The van der Waals surface area contributed by atoms with E-state index in [0.29, 0.717) is 11.2 Å². The highest BCUT2D eigenvalue weighted by molar-refractivity contribution is 5.77. The van der Waals surface area contributed by atoms with Crippen LogP contribution < -0.4 is 4.74 Å². The molecule has 0 saturated carbocycles. The summed E-state index contributed by atoms with van der Waals surface area (Å²) in [6, 6.07) is 1.35. The Morgan fingerprint density at radius 1 is 1.33 bits per heavy atom. The van der Waals surface area contributed by atoms with Gasteiger partial charge in [-0.15, -0.1) is 0 Å². The Hall–Kier alpha value is -1.79. The molecule has 0 saturated heterocycles. The molecular weight excluding hydrogens is 211 g/mol. The first-order chi connectivity index (χ1) is 7.06. The molecule has 0 spiro atoms. The zero-order chi connectivity index (χ0) is 10.9. The lowest BCUT2D eigenvalue weighted by molar-refractivity contribution is -0.153. The van der Waals surface area contributed by atoms with Crippen molar-refractivity contribution >= 4 is 11.2 Å². The molecule has 0 aliphatic carbocycles. The van der Waals surface area contributed by atoms with Gasteiger partial charge in [-0.2, -0.15) is 13.2 Å². The maximum atomic E-state index is 11.9. The second-order valence-electron chi connectivity index (χ2n) is 2.81. The predicted octanol–water partition coefficient (Wildman–Crippen LogP) is 1.90. The fourth-order valence-electron chi connectivity index (χ4n) is 1.11. The van der Waals surface area contributed by atoms with E-state index in [0.717, 1.165) is 0 Å². The molecule has 0 atom stereocenters. The molecule has 2 heterocycles. The minimum Gasteiger partial charge on any atom is -0.482 e. The van der Waals surface area contributed by atoms with Crippen LogP contribution in [0, 0.1) is 0 Å². The maximum absolute atomic E-state index is 11.9. The smallest absolute Gasteiger partial charge is 0.422 e. The Labute approximate surface area is 82.1 Å². The summed E-state index contributed by atoms with van der Waals surface area (Å²) >= 11 is 0. The van der Waals surface area contributed by atoms with Crippen LogP contribution in [-0.4, -0.2) is 27.7 Å². The van der Waals surface area contributed by atoms with E-state index in [1.54, 1.807) is 0 Å². The minimum atomic E-state index is -4.35. The average Bonchev–Trinajstić information content (AvgIpc) is 2.61. The molecule has 0 amide bonds. The van der Waals surface area contributed by atoms with Crippen molar-refractivity contribution in [2.24, 2.45) is 0 Å². The zero-order valence-corrected chi connectivity index (χ0v) is 7.38. The van der Waals surface area contributed by atoms with Crippen molar-refractivity contribution in [3.63, 3.8) is 0 Å². The number of H-pyrrole nitrogens is 1. The molecule has 1 N–H and O–H groups in total. The van der Waals surface area contributed by atoms with Gasteiger partial charge < -0.3 is 9.72 Å². The lowest BCUT2D eigenvalue weighted by Crippen LogP contribution is -2.19. The SMILES string of the molecule is FC(F)(F)COc1ccnc2nc[nH]c12. The summed E-state index contributed by atoms with van der Waals surface area (Å²) in [6.07, 6.45) is -1.66. The summed E-state index contributed by atoms with van der Waals surface area (Å²) in [7, 11) is 0. The normalized spacial score (nSPS) is 11.9. The first kappa shape index (κ1) is 9.75. The first-order valence-corrected chi connectivity index (χ1v) is 4.04. The number of ether oxygens (including phenoxy) is 1. The summed E-state index contributed by atoms with van der Waals surface area (Å²) in [6.45, 7) is -1.33. The Balaban J connectivity index is 2.24. The van der Waals surface area contributed by atoms with E-state index < -0.39 is 12.8 Å². The Morgan fingerprint density at radius 3 is 2.87 bits per heavy atom. The van der Waals surface area contributed by atoms with Crippen LogP contribution >= 0.6 is 0 Å². The molecule has 0 unspecified atom stereocenters. The van der Waals surface area contributed by atoms with Crippen molar-refractivity contribution in [3.05, 3.63) is 18.6 Å². The van der Waals surface area contributed by atoms with Gasteiger partial charge >= 0.3 is 6.18 Å². The summed E-state index contributed by atoms with van der Waals surface area (Å²) in [5, 5.41) is 0. The molecule has 0 aliphatic rings. The molecule has 2 rings (SSSR count). The number of nitrogens with zero attached hydrogens (tertiary/aromatic N) is 2. The third kappa shape index (κ3) is 2.17. The Morgan fingerprint density at radius 2 is 2.13 bits per heavy atom. The largest absolute Gasteiger partial charge is 0.482 e. The van der Waals surface area contributed by atoms with Gasteiger partial charge in [0.2, 0.25) is 0 Å². The average molecular weight is 217 g/mol. The molecule has 15 heavy (non-hydrogen) atoms. The number of pyridine rings is 1. The highest BCUT2D eigenvalue weighted by Crippen LogP contribution is 2.23. The third-order valence-corrected chi connectivity index (χ3v) is 1.68. The minimum absolute atomic E-state index is 0.0924. The van der Waals surface area contributed by atoms with Gasteiger partial charge in [0.25, 0.3) is 0 Å². The highest BCUT2D eigenvalue weighted by Gasteiger charge is 2.28. The van der Waals surface area contributed by atoms with Gasteiger partial charge in [0.15, 0.2) is 12.3 Å². The quantitative estimate of drug-likeness (QED) is 0.835. The van der Waals surface area contributed by atoms with Crippen molar-refractivity contribution in [2.45, 2.75) is 6.18 Å². The number of hydrogen-bond donors (Lipinski definition) is 1. The predicted molar refractivity (Wildman–Crippen MR) is 45.4 cm³/mol. The number of aromatic amines is 1. The van der Waals surface area contributed by atoms with Gasteiger partial charge in [0.05, 0.1) is 6.33 Å². The van der Waals surface area contributed by atoms with E-state index in [-0.39, 0.29) is 5.75 Å². The van der Waals surface area contributed by atoms with Crippen molar-refractivity contribution in [2.75, 3.05) is 6.61 Å². The Kier molecular flexibility index (Phi) is 2.22. The summed E-state index contributed by atoms with van der Waals surface area (Å²) in [5.41, 5.74) is 0.691. The molecule has 0 aromatic carbocycles. The van der Waals surface area contributed by atoms with Crippen molar-refractivity contribution in [1.82, 2.24) is 15.0 Å². The number of halogens is 3. The fraction of sp³-hybridized carbons (Fsp3) is 0.250. The van der Waals surface area contributed by atoms with E-state index >= 15 is 0 Å². The fourth-order valence-corrected chi connectivity index (χ4v) is 1.11. The van der Waals surface area contributed by atoms with Crippen molar-refractivity contribution in [1.29, 1.82) is 0 Å². The van der Waals surface area contributed by atoms with Crippen LogP contribution in [0.2, 0.25) is 0 Å². The van der Waals surface area contributed by atoms with E-state index in [1.165, 1.54) is 18.6 Å². The number of fused-ring (bicyclic) bond motifs is 1. The van der Waals surface area contributed by atoms with E-state index in [4.69, 9.17) is 0 Å².